The second kappa shape index (κ2) is 5.46. The fourth-order valence-corrected chi connectivity index (χ4v) is 2.23. The lowest BCUT2D eigenvalue weighted by molar-refractivity contribution is 0.0982. The number of ketones is 1. The molecule has 0 unspecified atom stereocenters. The average Bonchev–Trinajstić information content (AvgIpc) is 2.16. The van der Waals surface area contributed by atoms with Crippen molar-refractivity contribution in [3.05, 3.63) is 34.9 Å². The lowest BCUT2D eigenvalue weighted by atomic mass is 10.1. The van der Waals surface area contributed by atoms with E-state index in [4.69, 9.17) is 11.6 Å². The Kier molecular flexibility index (Phi) is 4.50. The molecule has 0 fully saturated rings. The molecule has 0 N–H and O–H groups in total. The maximum Gasteiger partial charge on any atom is 0.164 e. The van der Waals surface area contributed by atoms with Crippen LogP contribution in [-0.2, 0) is 9.84 Å². The maximum atomic E-state index is 11.7. The summed E-state index contributed by atoms with van der Waals surface area (Å²) in [5.41, 5.74) is 0.456. The lowest BCUT2D eigenvalue weighted by Gasteiger charge is -2.02. The molecular formula is C11H13ClO3S. The topological polar surface area (TPSA) is 51.2 Å². The summed E-state index contributed by atoms with van der Waals surface area (Å²) in [4.78, 5) is 11.7. The second-order valence-corrected chi connectivity index (χ2v) is 6.30. The van der Waals surface area contributed by atoms with Crippen molar-refractivity contribution in [1.82, 2.24) is 0 Å². The molecule has 0 aliphatic rings. The third-order valence-electron chi connectivity index (χ3n) is 2.09. The van der Waals surface area contributed by atoms with Crippen LogP contribution in [0.15, 0.2) is 24.3 Å². The van der Waals surface area contributed by atoms with E-state index < -0.39 is 9.84 Å². The number of carbonyl (C=O) groups is 1. The fraction of sp³-hybridized carbons (Fsp3) is 0.364. The second-order valence-electron chi connectivity index (χ2n) is 3.64. The largest absolute Gasteiger partial charge is 0.294 e. The Bertz CT molecular complexity index is 480. The number of halogens is 1. The normalized spacial score (nSPS) is 11.4. The molecule has 0 heterocycles. The lowest BCUT2D eigenvalue weighted by Crippen LogP contribution is -2.06. The van der Waals surface area contributed by atoms with Crippen molar-refractivity contribution in [3.8, 4) is 0 Å². The Labute approximate surface area is 100 Å². The Balaban J connectivity index is 2.57. The van der Waals surface area contributed by atoms with Crippen LogP contribution in [0.3, 0.4) is 0 Å². The predicted octanol–water partition coefficient (Wildman–Crippen LogP) is 2.35. The van der Waals surface area contributed by atoms with Crippen LogP contribution >= 0.6 is 11.6 Å². The van der Waals surface area contributed by atoms with E-state index in [9.17, 15) is 13.2 Å². The molecule has 0 atom stereocenters. The van der Waals surface area contributed by atoms with Crippen LogP contribution < -0.4 is 0 Å². The molecule has 16 heavy (non-hydrogen) atoms. The number of benzene rings is 1. The Morgan fingerprint density at radius 2 is 1.94 bits per heavy atom. The first-order valence-corrected chi connectivity index (χ1v) is 7.29. The summed E-state index contributed by atoms with van der Waals surface area (Å²) < 4.78 is 21.8. The smallest absolute Gasteiger partial charge is 0.164 e. The number of hydrogen-bond acceptors (Lipinski definition) is 3. The van der Waals surface area contributed by atoms with Crippen molar-refractivity contribution in [3.63, 3.8) is 0 Å². The summed E-state index contributed by atoms with van der Waals surface area (Å²) in [7, 11) is -3.00. The Morgan fingerprint density at radius 3 is 2.50 bits per heavy atom. The summed E-state index contributed by atoms with van der Waals surface area (Å²) in [6.45, 7) is 0. The molecular weight excluding hydrogens is 248 g/mol. The van der Waals surface area contributed by atoms with Crippen molar-refractivity contribution in [1.29, 1.82) is 0 Å². The van der Waals surface area contributed by atoms with Gasteiger partial charge in [0, 0.05) is 18.2 Å². The van der Waals surface area contributed by atoms with Crippen LogP contribution in [0.2, 0.25) is 5.02 Å². The van der Waals surface area contributed by atoms with Gasteiger partial charge in [-0.15, -0.1) is 0 Å². The average molecular weight is 261 g/mol. The quantitative estimate of drug-likeness (QED) is 0.764. The number of rotatable bonds is 5. The summed E-state index contributed by atoms with van der Waals surface area (Å²) in [5, 5.41) is 0.409. The van der Waals surface area contributed by atoms with Crippen molar-refractivity contribution in [2.24, 2.45) is 0 Å². The molecule has 88 valence electrons. The highest BCUT2D eigenvalue weighted by atomic mass is 35.5. The van der Waals surface area contributed by atoms with Gasteiger partial charge in [0.15, 0.2) is 5.78 Å². The van der Waals surface area contributed by atoms with Crippen LogP contribution in [0.25, 0.3) is 0 Å². The molecule has 0 saturated heterocycles. The standard InChI is InChI=1S/C11H13ClO3S/c1-16(14,15)8-4-7-11(13)9-5-2-3-6-10(9)12/h2-3,5-6H,4,7-8H2,1H3. The minimum absolute atomic E-state index is 0.0309. The van der Waals surface area contributed by atoms with Gasteiger partial charge in [-0.2, -0.15) is 0 Å². The number of carbonyl (C=O) groups excluding carboxylic acids is 1. The van der Waals surface area contributed by atoms with Gasteiger partial charge in [0.05, 0.1) is 10.8 Å². The Morgan fingerprint density at radius 1 is 1.31 bits per heavy atom. The van der Waals surface area contributed by atoms with Crippen molar-refractivity contribution >= 4 is 27.2 Å². The molecule has 0 radical (unpaired) electrons. The zero-order valence-electron chi connectivity index (χ0n) is 8.94. The van der Waals surface area contributed by atoms with Gasteiger partial charge in [-0.25, -0.2) is 8.42 Å². The van der Waals surface area contributed by atoms with Gasteiger partial charge < -0.3 is 0 Å². The van der Waals surface area contributed by atoms with E-state index >= 15 is 0 Å². The Hall–Kier alpha value is -0.870. The molecule has 0 aliphatic heterocycles. The van der Waals surface area contributed by atoms with Gasteiger partial charge in [0.25, 0.3) is 0 Å². The molecule has 3 nitrogen and oxygen atoms in total. The van der Waals surface area contributed by atoms with Gasteiger partial charge in [0.2, 0.25) is 0 Å². The van der Waals surface area contributed by atoms with Crippen molar-refractivity contribution in [2.45, 2.75) is 12.8 Å². The van der Waals surface area contributed by atoms with Gasteiger partial charge in [-0.05, 0) is 18.6 Å². The van der Waals surface area contributed by atoms with E-state index in [1.807, 2.05) is 0 Å². The van der Waals surface area contributed by atoms with E-state index in [1.165, 1.54) is 0 Å². The van der Waals surface area contributed by atoms with Crippen LogP contribution in [0.4, 0.5) is 0 Å². The first-order valence-electron chi connectivity index (χ1n) is 4.85. The molecule has 0 aromatic heterocycles. The van der Waals surface area contributed by atoms with Gasteiger partial charge in [0.1, 0.15) is 9.84 Å². The predicted molar refractivity (Wildman–Crippen MR) is 64.7 cm³/mol. The van der Waals surface area contributed by atoms with Crippen LogP contribution in [0.1, 0.15) is 23.2 Å². The van der Waals surface area contributed by atoms with Crippen LogP contribution in [-0.4, -0.2) is 26.2 Å². The molecule has 0 amide bonds. The SMILES string of the molecule is CS(=O)(=O)CCCC(=O)c1ccccc1Cl. The van der Waals surface area contributed by atoms with E-state index in [0.29, 0.717) is 17.0 Å². The zero-order chi connectivity index (χ0) is 12.2. The fourth-order valence-electron chi connectivity index (χ4n) is 1.32. The summed E-state index contributed by atoms with van der Waals surface area (Å²) in [6.07, 6.45) is 1.70. The van der Waals surface area contributed by atoms with Gasteiger partial charge in [-0.1, -0.05) is 23.7 Å². The van der Waals surface area contributed by atoms with E-state index in [0.717, 1.165) is 6.26 Å². The number of hydrogen-bond donors (Lipinski definition) is 0. The van der Waals surface area contributed by atoms with Crippen LogP contribution in [0.5, 0.6) is 0 Å². The highest BCUT2D eigenvalue weighted by Gasteiger charge is 2.10. The molecule has 0 spiro atoms. The molecule has 0 aliphatic carbocycles. The van der Waals surface area contributed by atoms with Gasteiger partial charge >= 0.3 is 0 Å². The zero-order valence-corrected chi connectivity index (χ0v) is 10.5. The number of sulfone groups is 1. The van der Waals surface area contributed by atoms with Crippen molar-refractivity contribution in [2.75, 3.05) is 12.0 Å². The minimum atomic E-state index is -3.00. The van der Waals surface area contributed by atoms with E-state index in [1.54, 1.807) is 24.3 Å². The molecule has 0 bridgehead atoms. The maximum absolute atomic E-state index is 11.7. The first-order chi connectivity index (χ1) is 7.40. The molecule has 1 rings (SSSR count). The summed E-state index contributed by atoms with van der Waals surface area (Å²) >= 11 is 5.85. The first kappa shape index (κ1) is 13.2. The molecule has 1 aromatic rings. The monoisotopic (exact) mass is 260 g/mol. The molecule has 0 saturated carbocycles. The molecule has 5 heteroatoms. The van der Waals surface area contributed by atoms with Crippen molar-refractivity contribution < 1.29 is 13.2 Å². The van der Waals surface area contributed by atoms with Gasteiger partial charge in [-0.3, -0.25) is 4.79 Å². The highest BCUT2D eigenvalue weighted by Crippen LogP contribution is 2.17. The third kappa shape index (κ3) is 4.33. The van der Waals surface area contributed by atoms with E-state index in [-0.39, 0.29) is 18.0 Å². The number of Topliss-reactive ketones (excluding diaryl/α,β-unsaturated/α-hetero) is 1. The van der Waals surface area contributed by atoms with Crippen LogP contribution in [0, 0.1) is 0 Å². The summed E-state index contributed by atoms with van der Waals surface area (Å²) in [5.74, 6) is -0.0855. The molecule has 1 aromatic carbocycles. The minimum Gasteiger partial charge on any atom is -0.294 e. The summed E-state index contributed by atoms with van der Waals surface area (Å²) in [6, 6.07) is 6.77. The van der Waals surface area contributed by atoms with E-state index in [2.05, 4.69) is 0 Å². The highest BCUT2D eigenvalue weighted by molar-refractivity contribution is 7.90. The third-order valence-corrected chi connectivity index (χ3v) is 3.45.